The first-order valence-electron chi connectivity index (χ1n) is 12.9. The molecule has 39 heavy (non-hydrogen) atoms. The lowest BCUT2D eigenvalue weighted by atomic mass is 9.73. The second kappa shape index (κ2) is 10.1. The standard InChI is InChI=1S/C28H29N3O6S2/c1-37-23-9-5-8-20-19(23)11-10-18-14-29-22(24(18)20)12-13-30-27(32)26-25(31(28(30)33)16-39(34,35)36)21(15-38-26)17-6-3-2-4-7-17/h2-9,15,18,22,24,29H,10-14,16H2,1H3,(H,34,35,36). The van der Waals surface area contributed by atoms with Gasteiger partial charge in [0.1, 0.15) is 10.4 Å². The zero-order valence-corrected chi connectivity index (χ0v) is 23.0. The van der Waals surface area contributed by atoms with Gasteiger partial charge >= 0.3 is 5.69 Å². The van der Waals surface area contributed by atoms with Crippen LogP contribution < -0.4 is 21.3 Å². The van der Waals surface area contributed by atoms with Crippen LogP contribution in [0.25, 0.3) is 21.3 Å². The summed E-state index contributed by atoms with van der Waals surface area (Å²) in [6.45, 7) is 0.982. The molecule has 3 atom stereocenters. The summed E-state index contributed by atoms with van der Waals surface area (Å²) in [6, 6.07) is 15.3. The summed E-state index contributed by atoms with van der Waals surface area (Å²) in [7, 11) is -2.88. The fourth-order valence-corrected chi connectivity index (χ4v) is 7.99. The number of nitrogens with one attached hydrogen (secondary N) is 1. The number of hydrogen-bond donors (Lipinski definition) is 2. The summed E-state index contributed by atoms with van der Waals surface area (Å²) < 4.78 is 41.6. The Bertz CT molecular complexity index is 1770. The molecule has 9 nitrogen and oxygen atoms in total. The fourth-order valence-electron chi connectivity index (χ4n) is 6.40. The molecule has 6 rings (SSSR count). The van der Waals surface area contributed by atoms with E-state index in [2.05, 4.69) is 11.4 Å². The van der Waals surface area contributed by atoms with Gasteiger partial charge in [-0.1, -0.05) is 42.5 Å². The van der Waals surface area contributed by atoms with Crippen molar-refractivity contribution >= 4 is 31.7 Å². The van der Waals surface area contributed by atoms with Crippen molar-refractivity contribution in [3.05, 3.63) is 85.9 Å². The molecule has 2 aliphatic rings. The van der Waals surface area contributed by atoms with E-state index in [1.54, 1.807) is 12.5 Å². The molecule has 3 heterocycles. The molecular weight excluding hydrogens is 538 g/mol. The topological polar surface area (TPSA) is 120 Å². The van der Waals surface area contributed by atoms with E-state index in [9.17, 15) is 22.6 Å². The van der Waals surface area contributed by atoms with Crippen molar-refractivity contribution in [2.24, 2.45) is 5.92 Å². The molecule has 204 valence electrons. The average Bonchev–Trinajstić information content (AvgIpc) is 3.56. The lowest BCUT2D eigenvalue weighted by Crippen LogP contribution is -2.42. The summed E-state index contributed by atoms with van der Waals surface area (Å²) in [6.07, 6.45) is 2.50. The van der Waals surface area contributed by atoms with E-state index in [0.717, 1.165) is 39.8 Å². The van der Waals surface area contributed by atoms with Crippen molar-refractivity contribution in [2.45, 2.75) is 43.6 Å². The zero-order chi connectivity index (χ0) is 27.3. The minimum absolute atomic E-state index is 0.0430. The van der Waals surface area contributed by atoms with Crippen LogP contribution in [0.5, 0.6) is 5.75 Å². The van der Waals surface area contributed by atoms with Gasteiger partial charge in [0.15, 0.2) is 5.88 Å². The van der Waals surface area contributed by atoms with E-state index in [1.165, 1.54) is 22.5 Å². The Balaban J connectivity index is 1.39. The number of thiophene rings is 1. The van der Waals surface area contributed by atoms with Crippen molar-refractivity contribution < 1.29 is 17.7 Å². The number of benzene rings is 2. The second-order valence-electron chi connectivity index (χ2n) is 10.2. The smallest absolute Gasteiger partial charge is 0.332 e. The number of methoxy groups -OCH3 is 1. The lowest BCUT2D eigenvalue weighted by molar-refractivity contribution is 0.370. The summed E-state index contributed by atoms with van der Waals surface area (Å²) in [5.74, 6) is 0.641. The Morgan fingerprint density at radius 3 is 2.64 bits per heavy atom. The monoisotopic (exact) mass is 567 g/mol. The van der Waals surface area contributed by atoms with Crippen LogP contribution in [-0.4, -0.2) is 41.8 Å². The molecule has 2 N–H and O–H groups in total. The second-order valence-corrected chi connectivity index (χ2v) is 12.5. The number of nitrogens with zero attached hydrogens (tertiary/aromatic N) is 2. The third kappa shape index (κ3) is 4.63. The lowest BCUT2D eigenvalue weighted by Gasteiger charge is -2.32. The predicted octanol–water partition coefficient (Wildman–Crippen LogP) is 3.45. The first-order chi connectivity index (χ1) is 18.8. The van der Waals surface area contributed by atoms with Gasteiger partial charge in [-0.15, -0.1) is 11.3 Å². The molecule has 11 heteroatoms. The molecule has 2 aromatic heterocycles. The Kier molecular flexibility index (Phi) is 6.70. The van der Waals surface area contributed by atoms with Gasteiger partial charge < -0.3 is 10.1 Å². The maximum Gasteiger partial charge on any atom is 0.332 e. The SMILES string of the molecule is COc1cccc2c1CCC1CNC(CCn3c(=O)c4scc(-c5ccccc5)c4n(CS(=O)(=O)O)c3=O)C21. The van der Waals surface area contributed by atoms with Crippen LogP contribution in [0.2, 0.25) is 0 Å². The number of rotatable bonds is 7. The Morgan fingerprint density at radius 1 is 1.10 bits per heavy atom. The molecule has 1 aliphatic carbocycles. The van der Waals surface area contributed by atoms with E-state index in [1.807, 2.05) is 42.5 Å². The van der Waals surface area contributed by atoms with Crippen LogP contribution in [0.4, 0.5) is 0 Å². The van der Waals surface area contributed by atoms with Gasteiger partial charge in [0.2, 0.25) is 0 Å². The van der Waals surface area contributed by atoms with Gasteiger partial charge in [-0.3, -0.25) is 18.5 Å². The molecule has 0 spiro atoms. The highest BCUT2D eigenvalue weighted by Gasteiger charge is 2.40. The number of hydrogen-bond acceptors (Lipinski definition) is 7. The van der Waals surface area contributed by atoms with Crippen molar-refractivity contribution in [1.29, 1.82) is 0 Å². The normalized spacial score (nSPS) is 20.6. The minimum Gasteiger partial charge on any atom is -0.496 e. The molecule has 0 bridgehead atoms. The van der Waals surface area contributed by atoms with Crippen LogP contribution in [0.3, 0.4) is 0 Å². The number of fused-ring (bicyclic) bond motifs is 4. The van der Waals surface area contributed by atoms with Crippen LogP contribution in [0, 0.1) is 5.92 Å². The van der Waals surface area contributed by atoms with Crippen molar-refractivity contribution in [2.75, 3.05) is 13.7 Å². The largest absolute Gasteiger partial charge is 0.496 e. The summed E-state index contributed by atoms with van der Waals surface area (Å²) in [5.41, 5.74) is 2.82. The third-order valence-electron chi connectivity index (χ3n) is 8.07. The number of aromatic nitrogens is 2. The first-order valence-corrected chi connectivity index (χ1v) is 15.4. The molecular formula is C28H29N3O6S2. The highest BCUT2D eigenvalue weighted by atomic mass is 32.2. The Morgan fingerprint density at radius 2 is 1.90 bits per heavy atom. The summed E-state index contributed by atoms with van der Waals surface area (Å²) in [4.78, 5) is 27.2. The van der Waals surface area contributed by atoms with Gasteiger partial charge in [-0.05, 0) is 54.5 Å². The van der Waals surface area contributed by atoms with Gasteiger partial charge in [-0.2, -0.15) is 8.42 Å². The molecule has 1 aliphatic heterocycles. The Labute approximate surface area is 229 Å². The van der Waals surface area contributed by atoms with Crippen LogP contribution in [0.1, 0.15) is 29.9 Å². The molecule has 2 aromatic carbocycles. The molecule has 0 radical (unpaired) electrons. The van der Waals surface area contributed by atoms with E-state index in [0.29, 0.717) is 17.9 Å². The molecule has 3 unspecified atom stereocenters. The van der Waals surface area contributed by atoms with Crippen LogP contribution >= 0.6 is 11.3 Å². The van der Waals surface area contributed by atoms with E-state index in [-0.39, 0.29) is 28.7 Å². The quantitative estimate of drug-likeness (QED) is 0.328. The van der Waals surface area contributed by atoms with E-state index in [4.69, 9.17) is 4.74 Å². The molecule has 0 amide bonds. The summed E-state index contributed by atoms with van der Waals surface area (Å²) in [5, 5.41) is 5.35. The van der Waals surface area contributed by atoms with Gasteiger partial charge in [0, 0.05) is 29.4 Å². The first kappa shape index (κ1) is 26.0. The molecule has 4 aromatic rings. The van der Waals surface area contributed by atoms with Crippen molar-refractivity contribution in [1.82, 2.24) is 14.5 Å². The maximum atomic E-state index is 13.7. The minimum atomic E-state index is -4.56. The summed E-state index contributed by atoms with van der Waals surface area (Å²) >= 11 is 1.17. The van der Waals surface area contributed by atoms with E-state index < -0.39 is 27.2 Å². The predicted molar refractivity (Wildman–Crippen MR) is 151 cm³/mol. The highest BCUT2D eigenvalue weighted by Crippen LogP contribution is 2.45. The van der Waals surface area contributed by atoms with Crippen LogP contribution in [-0.2, 0) is 29.0 Å². The zero-order valence-electron chi connectivity index (χ0n) is 21.4. The molecule has 0 saturated carbocycles. The van der Waals surface area contributed by atoms with Gasteiger partial charge in [-0.25, -0.2) is 4.79 Å². The van der Waals surface area contributed by atoms with Crippen molar-refractivity contribution in [3.8, 4) is 16.9 Å². The average molecular weight is 568 g/mol. The van der Waals surface area contributed by atoms with Gasteiger partial charge in [0.25, 0.3) is 15.7 Å². The highest BCUT2D eigenvalue weighted by molar-refractivity contribution is 7.84. The van der Waals surface area contributed by atoms with E-state index >= 15 is 0 Å². The third-order valence-corrected chi connectivity index (χ3v) is 9.62. The van der Waals surface area contributed by atoms with Crippen LogP contribution in [0.15, 0.2) is 63.5 Å². The molecule has 1 saturated heterocycles. The molecule has 1 fully saturated rings. The Hall–Kier alpha value is -3.25. The maximum absolute atomic E-state index is 13.7. The number of ether oxygens (including phenoxy) is 1. The van der Waals surface area contributed by atoms with Gasteiger partial charge in [0.05, 0.1) is 12.6 Å². The fraction of sp³-hybridized carbons (Fsp3) is 0.357. The van der Waals surface area contributed by atoms with Crippen molar-refractivity contribution in [3.63, 3.8) is 0 Å².